The van der Waals surface area contributed by atoms with Crippen molar-refractivity contribution >= 4 is 27.4 Å². The second-order valence-electron chi connectivity index (χ2n) is 12.0. The molecule has 0 aliphatic carbocycles. The maximum atomic E-state index is 14.1. The van der Waals surface area contributed by atoms with E-state index in [1.807, 2.05) is 80.0 Å². The third-order valence-corrected chi connectivity index (χ3v) is 10.8. The molecule has 1 fully saturated rings. The molecular weight excluding hydrogens is 600 g/mol. The Morgan fingerprint density at radius 1 is 0.957 bits per heavy atom. The number of amides is 2. The minimum absolute atomic E-state index is 0.0109. The summed E-state index contributed by atoms with van der Waals surface area (Å²) in [6.45, 7) is 2.75. The molecule has 3 heterocycles. The summed E-state index contributed by atoms with van der Waals surface area (Å²) in [4.78, 5) is 14.8. The molecule has 3 aromatic carbocycles. The maximum Gasteiger partial charge on any atom is 0.327 e. The highest BCUT2D eigenvalue weighted by atomic mass is 32.2. The monoisotopic (exact) mass is 642 g/mol. The number of rotatable bonds is 12. The molecule has 10 nitrogen and oxygen atoms in total. The summed E-state index contributed by atoms with van der Waals surface area (Å²) >= 11 is 0. The zero-order chi connectivity index (χ0) is 32.1. The van der Waals surface area contributed by atoms with E-state index in [0.29, 0.717) is 13.0 Å². The van der Waals surface area contributed by atoms with Gasteiger partial charge in [0.25, 0.3) is 0 Å². The van der Waals surface area contributed by atoms with Crippen molar-refractivity contribution < 1.29 is 18.3 Å². The second kappa shape index (κ2) is 14.2. The van der Waals surface area contributed by atoms with Gasteiger partial charge in [-0.25, -0.2) is 13.2 Å². The topological polar surface area (TPSA) is 126 Å². The highest BCUT2D eigenvalue weighted by Gasteiger charge is 2.33. The van der Waals surface area contributed by atoms with Gasteiger partial charge in [0.1, 0.15) is 6.17 Å². The van der Waals surface area contributed by atoms with E-state index in [1.165, 1.54) is 0 Å². The zero-order valence-electron chi connectivity index (χ0n) is 26.1. The molecule has 0 bridgehead atoms. The molecule has 11 heteroatoms. The van der Waals surface area contributed by atoms with Crippen LogP contribution in [0.3, 0.4) is 0 Å². The van der Waals surface area contributed by atoms with E-state index in [2.05, 4.69) is 21.3 Å². The van der Waals surface area contributed by atoms with Crippen LogP contribution in [0.15, 0.2) is 95.5 Å². The number of nitrogens with one attached hydrogen (secondary N) is 4. The highest BCUT2D eigenvalue weighted by molar-refractivity contribution is 7.89. The first-order valence-corrected chi connectivity index (χ1v) is 17.3. The van der Waals surface area contributed by atoms with Gasteiger partial charge in [0, 0.05) is 36.6 Å². The molecule has 0 radical (unpaired) electrons. The summed E-state index contributed by atoms with van der Waals surface area (Å²) in [5.74, 6) is 0. The van der Waals surface area contributed by atoms with Crippen LogP contribution in [-0.4, -0.2) is 62.8 Å². The Kier molecular flexibility index (Phi) is 9.86. The molecule has 1 atom stereocenters. The van der Waals surface area contributed by atoms with Crippen molar-refractivity contribution in [2.75, 3.05) is 31.6 Å². The van der Waals surface area contributed by atoms with Crippen molar-refractivity contribution in [3.8, 4) is 0 Å². The van der Waals surface area contributed by atoms with Crippen LogP contribution >= 0.6 is 0 Å². The molecule has 1 unspecified atom stereocenters. The third kappa shape index (κ3) is 7.03. The Morgan fingerprint density at radius 2 is 1.70 bits per heavy atom. The summed E-state index contributed by atoms with van der Waals surface area (Å²) in [5.41, 5.74) is 6.42. The molecule has 0 aromatic heterocycles. The van der Waals surface area contributed by atoms with Gasteiger partial charge < -0.3 is 26.4 Å². The highest BCUT2D eigenvalue weighted by Crippen LogP contribution is 2.30. The van der Waals surface area contributed by atoms with Crippen molar-refractivity contribution in [2.24, 2.45) is 0 Å². The first kappa shape index (κ1) is 32.0. The maximum absolute atomic E-state index is 14.1. The Bertz CT molecular complexity index is 1700. The number of aryl methyl sites for hydroxylation is 1. The van der Waals surface area contributed by atoms with Crippen LogP contribution < -0.4 is 26.2 Å². The minimum Gasteiger partial charge on any atom is -0.392 e. The molecule has 1 saturated heterocycles. The number of carbonyl (C=O) groups is 1. The molecule has 46 heavy (non-hydrogen) atoms. The lowest BCUT2D eigenvalue weighted by atomic mass is 10.0. The molecule has 3 aliphatic rings. The Balaban J connectivity index is 1.17. The zero-order valence-corrected chi connectivity index (χ0v) is 26.9. The average molecular weight is 643 g/mol. The number of hydrogen-bond acceptors (Lipinski definition) is 7. The van der Waals surface area contributed by atoms with Crippen LogP contribution in [-0.2, 0) is 29.6 Å². The molecule has 6 rings (SSSR count). The molecule has 242 valence electrons. The molecule has 2 amide bonds. The smallest absolute Gasteiger partial charge is 0.327 e. The van der Waals surface area contributed by atoms with E-state index < -0.39 is 10.0 Å². The SMILES string of the molecule is CNCc1ccc(N2C=C3C=C(c4ccc(S(=O)(=O)N(CCCc5cccc(CO)c5)C5CCNCC5)cc4)NC3NC2=O)cc1. The van der Waals surface area contributed by atoms with Crippen LogP contribution in [0.2, 0.25) is 0 Å². The summed E-state index contributed by atoms with van der Waals surface area (Å²) in [5, 5.41) is 22.3. The van der Waals surface area contributed by atoms with Crippen LogP contribution in [0, 0.1) is 0 Å². The summed E-state index contributed by atoms with van der Waals surface area (Å²) in [6.07, 6.45) is 6.43. The van der Waals surface area contributed by atoms with E-state index in [4.69, 9.17) is 0 Å². The second-order valence-corrected chi connectivity index (χ2v) is 13.9. The molecule has 0 saturated carbocycles. The first-order valence-electron chi connectivity index (χ1n) is 15.9. The number of sulfonamides is 1. The number of piperidine rings is 1. The number of fused-ring (bicyclic) bond motifs is 1. The standard InChI is InChI=1S/C35H42N6O4S/c1-36-22-26-7-11-30(12-8-26)40-23-29-21-33(38-34(29)39-35(40)43)28-9-13-32(14-10-28)46(44,45)41(31-15-17-37-18-16-31)19-3-6-25-4-2-5-27(20-25)24-42/h2,4-5,7-14,20-21,23,31,34,36-38,42H,3,6,15-19,22,24H2,1H3,(H,39,43). The number of urea groups is 1. The molecule has 3 aromatic rings. The quantitative estimate of drug-likeness (QED) is 0.204. The molecule has 5 N–H and O–H groups in total. The van der Waals surface area contributed by atoms with Gasteiger partial charge in [0.2, 0.25) is 10.0 Å². The number of hydrogen-bond donors (Lipinski definition) is 5. The van der Waals surface area contributed by atoms with Crippen molar-refractivity contribution in [1.29, 1.82) is 0 Å². The number of anilines is 1. The van der Waals surface area contributed by atoms with Gasteiger partial charge in [0.15, 0.2) is 0 Å². The van der Waals surface area contributed by atoms with Crippen molar-refractivity contribution in [2.45, 2.75) is 55.9 Å². The Labute approximate surface area is 271 Å². The number of aliphatic hydroxyl groups is 1. The van der Waals surface area contributed by atoms with E-state index in [9.17, 15) is 18.3 Å². The van der Waals surface area contributed by atoms with Gasteiger partial charge in [-0.05, 0) is 98.4 Å². The van der Waals surface area contributed by atoms with Crippen LogP contribution in [0.5, 0.6) is 0 Å². The normalized spacial score (nSPS) is 18.5. The van der Waals surface area contributed by atoms with Gasteiger partial charge in [0.05, 0.1) is 17.2 Å². The van der Waals surface area contributed by atoms with Gasteiger partial charge in [-0.2, -0.15) is 4.31 Å². The number of carbonyl (C=O) groups excluding carboxylic acids is 1. The van der Waals surface area contributed by atoms with Crippen LogP contribution in [0.4, 0.5) is 10.5 Å². The lowest BCUT2D eigenvalue weighted by Crippen LogP contribution is -2.51. The lowest BCUT2D eigenvalue weighted by molar-refractivity contribution is 0.244. The fourth-order valence-corrected chi connectivity index (χ4v) is 8.08. The minimum atomic E-state index is -3.73. The van der Waals surface area contributed by atoms with Gasteiger partial charge in [-0.15, -0.1) is 0 Å². The predicted octanol–water partition coefficient (Wildman–Crippen LogP) is 3.66. The Hall–Kier alpha value is -4.00. The van der Waals surface area contributed by atoms with Crippen LogP contribution in [0.1, 0.15) is 41.5 Å². The Morgan fingerprint density at radius 3 is 2.41 bits per heavy atom. The van der Waals surface area contributed by atoms with E-state index in [1.54, 1.807) is 21.3 Å². The third-order valence-electron chi connectivity index (χ3n) is 8.81. The largest absolute Gasteiger partial charge is 0.392 e. The predicted molar refractivity (Wildman–Crippen MR) is 180 cm³/mol. The van der Waals surface area contributed by atoms with Gasteiger partial charge in [-0.3, -0.25) is 4.90 Å². The van der Waals surface area contributed by atoms with Gasteiger partial charge >= 0.3 is 6.03 Å². The van der Waals surface area contributed by atoms with E-state index >= 15 is 0 Å². The summed E-state index contributed by atoms with van der Waals surface area (Å²) in [7, 11) is -1.84. The number of nitrogens with zero attached hydrogens (tertiary/aromatic N) is 2. The van der Waals surface area contributed by atoms with E-state index in [-0.39, 0.29) is 29.7 Å². The molecular formula is C35H42N6O4S. The van der Waals surface area contributed by atoms with Crippen molar-refractivity contribution in [3.05, 3.63) is 113 Å². The van der Waals surface area contributed by atoms with E-state index in [0.717, 1.165) is 78.1 Å². The summed E-state index contributed by atoms with van der Waals surface area (Å²) in [6, 6.07) is 22.4. The summed E-state index contributed by atoms with van der Waals surface area (Å²) < 4.78 is 29.8. The fraction of sp³-hybridized carbons (Fsp3) is 0.343. The van der Waals surface area contributed by atoms with Crippen molar-refractivity contribution in [3.63, 3.8) is 0 Å². The fourth-order valence-electron chi connectivity index (χ4n) is 6.36. The van der Waals surface area contributed by atoms with Gasteiger partial charge in [-0.1, -0.05) is 48.5 Å². The number of aliphatic hydroxyl groups excluding tert-OH is 1. The number of benzene rings is 3. The molecule has 3 aliphatic heterocycles. The molecule has 0 spiro atoms. The van der Waals surface area contributed by atoms with Crippen molar-refractivity contribution in [1.82, 2.24) is 25.6 Å². The average Bonchev–Trinajstić information content (AvgIpc) is 3.50. The first-order chi connectivity index (χ1) is 22.4. The van der Waals surface area contributed by atoms with Crippen LogP contribution in [0.25, 0.3) is 5.70 Å². The lowest BCUT2D eigenvalue weighted by Gasteiger charge is -2.34.